The first-order chi connectivity index (χ1) is 11.3. The van der Waals surface area contributed by atoms with Crippen LogP contribution in [-0.2, 0) is 0 Å². The van der Waals surface area contributed by atoms with E-state index in [9.17, 15) is 0 Å². The number of nitrogens with one attached hydrogen (secondary N) is 3. The highest BCUT2D eigenvalue weighted by Crippen LogP contribution is 2.21. The highest BCUT2D eigenvalue weighted by Gasteiger charge is 2.12. The van der Waals surface area contributed by atoms with Crippen molar-refractivity contribution in [3.8, 4) is 11.3 Å². The normalized spacial score (nSPS) is 15.3. The minimum Gasteiger partial charge on any atom is -0.370 e. The lowest BCUT2D eigenvalue weighted by atomic mass is 9.95. The molecule has 1 fully saturated rings. The molecular formula is C17H24N6. The lowest BCUT2D eigenvalue weighted by Gasteiger charge is -2.22. The molecule has 6 heteroatoms. The maximum atomic E-state index is 4.51. The zero-order valence-corrected chi connectivity index (χ0v) is 13.5. The van der Waals surface area contributed by atoms with Crippen molar-refractivity contribution in [2.75, 3.05) is 37.3 Å². The van der Waals surface area contributed by atoms with Crippen molar-refractivity contribution in [2.24, 2.45) is 5.92 Å². The number of pyridine rings is 1. The Morgan fingerprint density at radius 3 is 2.87 bits per heavy atom. The Labute approximate surface area is 137 Å². The summed E-state index contributed by atoms with van der Waals surface area (Å²) in [4.78, 5) is 13.2. The van der Waals surface area contributed by atoms with Gasteiger partial charge in [-0.05, 0) is 50.4 Å². The average molecular weight is 312 g/mol. The first-order valence-electron chi connectivity index (χ1n) is 8.27. The topological polar surface area (TPSA) is 74.8 Å². The highest BCUT2D eigenvalue weighted by molar-refractivity contribution is 5.63. The van der Waals surface area contributed by atoms with Crippen LogP contribution >= 0.6 is 0 Å². The van der Waals surface area contributed by atoms with E-state index < -0.39 is 0 Å². The molecule has 23 heavy (non-hydrogen) atoms. The molecule has 1 aliphatic rings. The first kappa shape index (κ1) is 15.7. The van der Waals surface area contributed by atoms with Crippen molar-refractivity contribution in [1.82, 2.24) is 20.3 Å². The fraction of sp³-hybridized carbons (Fsp3) is 0.471. The van der Waals surface area contributed by atoms with Gasteiger partial charge in [-0.3, -0.25) is 4.98 Å². The summed E-state index contributed by atoms with van der Waals surface area (Å²) in [5.74, 6) is 2.29. The Kier molecular flexibility index (Phi) is 5.37. The van der Waals surface area contributed by atoms with Gasteiger partial charge in [0.05, 0.1) is 5.69 Å². The van der Waals surface area contributed by atoms with Gasteiger partial charge >= 0.3 is 0 Å². The van der Waals surface area contributed by atoms with Crippen molar-refractivity contribution in [1.29, 1.82) is 0 Å². The van der Waals surface area contributed by atoms with Crippen molar-refractivity contribution < 1.29 is 0 Å². The van der Waals surface area contributed by atoms with Crippen molar-refractivity contribution >= 4 is 11.8 Å². The first-order valence-corrected chi connectivity index (χ1v) is 8.27. The van der Waals surface area contributed by atoms with E-state index in [0.29, 0.717) is 5.95 Å². The summed E-state index contributed by atoms with van der Waals surface area (Å²) >= 11 is 0. The zero-order chi connectivity index (χ0) is 15.9. The zero-order valence-electron chi connectivity index (χ0n) is 13.5. The van der Waals surface area contributed by atoms with Crippen LogP contribution in [0.1, 0.15) is 19.3 Å². The predicted octanol–water partition coefficient (Wildman–Crippen LogP) is 2.38. The van der Waals surface area contributed by atoms with Gasteiger partial charge < -0.3 is 16.0 Å². The number of hydrogen-bond donors (Lipinski definition) is 3. The molecule has 0 spiro atoms. The number of piperidine rings is 1. The van der Waals surface area contributed by atoms with Crippen LogP contribution in [0.2, 0.25) is 0 Å². The third kappa shape index (κ3) is 4.39. The van der Waals surface area contributed by atoms with Crippen LogP contribution in [0.3, 0.4) is 0 Å². The van der Waals surface area contributed by atoms with Crippen LogP contribution in [0.15, 0.2) is 30.6 Å². The van der Waals surface area contributed by atoms with Gasteiger partial charge in [-0.15, -0.1) is 0 Å². The summed E-state index contributed by atoms with van der Waals surface area (Å²) in [6.07, 6.45) is 7.31. The van der Waals surface area contributed by atoms with Gasteiger partial charge in [0.15, 0.2) is 0 Å². The number of hydrogen-bond acceptors (Lipinski definition) is 6. The Bertz CT molecular complexity index is 610. The minimum atomic E-state index is 0.621. The molecule has 3 rings (SSSR count). The molecule has 0 saturated carbocycles. The third-order valence-electron chi connectivity index (χ3n) is 4.22. The molecule has 0 amide bonds. The molecule has 0 atom stereocenters. The summed E-state index contributed by atoms with van der Waals surface area (Å²) in [6.45, 7) is 3.23. The minimum absolute atomic E-state index is 0.621. The lowest BCUT2D eigenvalue weighted by Crippen LogP contribution is -2.28. The Balaban J connectivity index is 1.66. The molecule has 2 aromatic rings. The Morgan fingerprint density at radius 1 is 1.26 bits per heavy atom. The van der Waals surface area contributed by atoms with Crippen molar-refractivity contribution in [3.05, 3.63) is 30.6 Å². The molecule has 3 N–H and O–H groups in total. The van der Waals surface area contributed by atoms with Crippen molar-refractivity contribution in [2.45, 2.75) is 19.3 Å². The Hall–Kier alpha value is -2.21. The Morgan fingerprint density at radius 2 is 2.13 bits per heavy atom. The van der Waals surface area contributed by atoms with E-state index in [-0.39, 0.29) is 0 Å². The fourth-order valence-electron chi connectivity index (χ4n) is 2.89. The molecule has 0 aliphatic carbocycles. The fourth-order valence-corrected chi connectivity index (χ4v) is 2.89. The maximum Gasteiger partial charge on any atom is 0.224 e. The molecule has 0 bridgehead atoms. The summed E-state index contributed by atoms with van der Waals surface area (Å²) < 4.78 is 0. The van der Waals surface area contributed by atoms with Crippen LogP contribution in [0.5, 0.6) is 0 Å². The summed E-state index contributed by atoms with van der Waals surface area (Å²) in [5.41, 5.74) is 1.87. The largest absolute Gasteiger partial charge is 0.370 e. The molecule has 3 heterocycles. The highest BCUT2D eigenvalue weighted by atomic mass is 15.1. The van der Waals surface area contributed by atoms with Crippen molar-refractivity contribution in [3.63, 3.8) is 0 Å². The van der Waals surface area contributed by atoms with Gasteiger partial charge in [-0.1, -0.05) is 0 Å². The van der Waals surface area contributed by atoms with Crippen LogP contribution < -0.4 is 16.0 Å². The van der Waals surface area contributed by atoms with Gasteiger partial charge in [-0.25, -0.2) is 4.98 Å². The smallest absolute Gasteiger partial charge is 0.224 e. The van der Waals surface area contributed by atoms with E-state index in [1.54, 1.807) is 6.20 Å². The molecule has 0 radical (unpaired) electrons. The van der Waals surface area contributed by atoms with E-state index in [1.165, 1.54) is 19.3 Å². The number of aromatic nitrogens is 3. The molecule has 6 nitrogen and oxygen atoms in total. The van der Waals surface area contributed by atoms with Gasteiger partial charge in [-0.2, -0.15) is 4.98 Å². The van der Waals surface area contributed by atoms with Gasteiger partial charge in [0.25, 0.3) is 0 Å². The van der Waals surface area contributed by atoms with Gasteiger partial charge in [0, 0.05) is 37.6 Å². The molecule has 1 saturated heterocycles. The van der Waals surface area contributed by atoms with Gasteiger partial charge in [0.1, 0.15) is 5.82 Å². The second-order valence-corrected chi connectivity index (χ2v) is 5.86. The van der Waals surface area contributed by atoms with E-state index in [0.717, 1.165) is 42.6 Å². The van der Waals surface area contributed by atoms with Crippen LogP contribution in [0.4, 0.5) is 11.8 Å². The molecular weight excluding hydrogens is 288 g/mol. The van der Waals surface area contributed by atoms with Crippen LogP contribution in [0.25, 0.3) is 11.3 Å². The molecule has 0 unspecified atom stereocenters. The summed E-state index contributed by atoms with van der Waals surface area (Å²) in [6, 6.07) is 5.91. The maximum absolute atomic E-state index is 4.51. The molecule has 0 aromatic carbocycles. The van der Waals surface area contributed by atoms with Crippen LogP contribution in [-0.4, -0.2) is 41.6 Å². The SMILES string of the molecule is CNc1nc(NCCC2CCNCC2)cc(-c2cccnc2)n1. The van der Waals surface area contributed by atoms with E-state index in [2.05, 4.69) is 30.9 Å². The standard InChI is InChI=1S/C17H24N6/c1-18-17-22-15(14-3-2-7-20-12-14)11-16(23-17)21-10-6-13-4-8-19-9-5-13/h2-3,7,11-13,19H,4-6,8-10H2,1H3,(H2,18,21,22,23). The molecule has 122 valence electrons. The molecule has 2 aromatic heterocycles. The van der Waals surface area contributed by atoms with Crippen LogP contribution in [0, 0.1) is 5.92 Å². The van der Waals surface area contributed by atoms with E-state index in [4.69, 9.17) is 0 Å². The van der Waals surface area contributed by atoms with Gasteiger partial charge in [0.2, 0.25) is 5.95 Å². The monoisotopic (exact) mass is 312 g/mol. The molecule has 1 aliphatic heterocycles. The van der Waals surface area contributed by atoms with E-state index >= 15 is 0 Å². The predicted molar refractivity (Wildman–Crippen MR) is 93.5 cm³/mol. The van der Waals surface area contributed by atoms with E-state index in [1.807, 2.05) is 31.4 Å². The summed E-state index contributed by atoms with van der Waals surface area (Å²) in [5, 5.41) is 9.88. The second-order valence-electron chi connectivity index (χ2n) is 5.86. The third-order valence-corrected chi connectivity index (χ3v) is 4.22. The lowest BCUT2D eigenvalue weighted by molar-refractivity contribution is 0.361. The quantitative estimate of drug-likeness (QED) is 0.760. The second kappa shape index (κ2) is 7.87. The number of rotatable bonds is 6. The number of nitrogens with zero attached hydrogens (tertiary/aromatic N) is 3. The summed E-state index contributed by atoms with van der Waals surface area (Å²) in [7, 11) is 1.83. The number of anilines is 2. The average Bonchev–Trinajstić information content (AvgIpc) is 2.63.